The highest BCUT2D eigenvalue weighted by Gasteiger charge is 2.44. The number of rotatable bonds is 15. The fraction of sp³-hybridized carbons (Fsp3) is 0.410. The van der Waals surface area contributed by atoms with E-state index in [1.54, 1.807) is 6.07 Å². The average molecular weight is 690 g/mol. The van der Waals surface area contributed by atoms with E-state index in [-0.39, 0.29) is 23.2 Å². The predicted molar refractivity (Wildman–Crippen MR) is 194 cm³/mol. The van der Waals surface area contributed by atoms with E-state index in [1.165, 1.54) is 23.3 Å². The van der Waals surface area contributed by atoms with Gasteiger partial charge in [0.25, 0.3) is 10.1 Å². The molecule has 0 amide bonds. The molecular weight excluding hydrogens is 641 g/mol. The molecule has 0 fully saturated rings. The third kappa shape index (κ3) is 8.66. The highest BCUT2D eigenvalue weighted by molar-refractivity contribution is 7.85. The van der Waals surface area contributed by atoms with E-state index in [2.05, 4.69) is 54.5 Å². The third-order valence-electron chi connectivity index (χ3n) is 9.48. The lowest BCUT2D eigenvalue weighted by molar-refractivity contribution is -0.438. The van der Waals surface area contributed by atoms with Crippen molar-refractivity contribution in [1.29, 1.82) is 0 Å². The van der Waals surface area contributed by atoms with Crippen molar-refractivity contribution < 1.29 is 37.3 Å². The minimum Gasteiger partial charge on any atom is -0.481 e. The van der Waals surface area contributed by atoms with Crippen molar-refractivity contribution in [2.45, 2.75) is 95.8 Å². The van der Waals surface area contributed by atoms with Gasteiger partial charge in [0.15, 0.2) is 5.71 Å². The topological polar surface area (TPSA) is 135 Å². The Kier molecular flexibility index (Phi) is 11.6. The van der Waals surface area contributed by atoms with Gasteiger partial charge in [-0.15, -0.1) is 0 Å². The van der Waals surface area contributed by atoms with Crippen LogP contribution in [0.25, 0.3) is 0 Å². The zero-order chi connectivity index (χ0) is 36.1. The lowest BCUT2D eigenvalue weighted by Crippen LogP contribution is -2.28. The molecule has 2 aromatic carbocycles. The Morgan fingerprint density at radius 3 is 2.20 bits per heavy atom. The molecule has 0 saturated carbocycles. The molecular formula is C39H49N2O7S+. The number of anilines is 1. The van der Waals surface area contributed by atoms with E-state index >= 15 is 0 Å². The van der Waals surface area contributed by atoms with Crippen LogP contribution in [0, 0.1) is 6.92 Å². The van der Waals surface area contributed by atoms with Crippen LogP contribution in [-0.4, -0.2) is 58.5 Å². The van der Waals surface area contributed by atoms with Gasteiger partial charge in [0.1, 0.15) is 6.54 Å². The number of aliphatic carboxylic acids is 2. The Balaban J connectivity index is 1.60. The first-order chi connectivity index (χ1) is 22.9. The van der Waals surface area contributed by atoms with Crippen LogP contribution >= 0.6 is 0 Å². The van der Waals surface area contributed by atoms with Crippen molar-refractivity contribution in [3.8, 4) is 0 Å². The van der Waals surface area contributed by atoms with E-state index in [0.29, 0.717) is 25.8 Å². The molecule has 2 aromatic rings. The third-order valence-corrected chi connectivity index (χ3v) is 10.3. The van der Waals surface area contributed by atoms with Gasteiger partial charge in [-0.2, -0.15) is 13.0 Å². The number of nitrogens with zero attached hydrogens (tertiary/aromatic N) is 2. The van der Waals surface area contributed by atoms with E-state index in [0.717, 1.165) is 46.9 Å². The van der Waals surface area contributed by atoms with Gasteiger partial charge in [0.2, 0.25) is 5.69 Å². The molecule has 2 heterocycles. The Bertz CT molecular complexity index is 1880. The summed E-state index contributed by atoms with van der Waals surface area (Å²) in [5, 5.41) is 18.2. The number of aryl methyl sites for hydroxylation is 1. The molecule has 0 aliphatic carbocycles. The Morgan fingerprint density at radius 1 is 0.878 bits per heavy atom. The molecule has 0 aromatic heterocycles. The number of benzene rings is 2. The molecule has 0 atom stereocenters. The molecule has 10 heteroatoms. The van der Waals surface area contributed by atoms with Crippen molar-refractivity contribution in [1.82, 2.24) is 0 Å². The Labute approximate surface area is 290 Å². The van der Waals surface area contributed by atoms with Gasteiger partial charge >= 0.3 is 11.9 Å². The number of hydrogen-bond acceptors (Lipinski definition) is 5. The second-order valence-electron chi connectivity index (χ2n) is 14.0. The molecule has 4 rings (SSSR count). The van der Waals surface area contributed by atoms with Crippen molar-refractivity contribution in [2.24, 2.45) is 0 Å². The quantitative estimate of drug-likeness (QED) is 0.0745. The molecule has 0 unspecified atom stereocenters. The SMILES string of the molecule is CC(/C=C/C=C1/N(CCCCC(=O)O)c2ccc(S(=O)(=O)O)cc2C1(C)C)=C\C=C\C1=[N+](CCCCC(=O)O)c2ccc(C)cc2C1(C)C. The number of carboxylic acids is 2. The zero-order valence-corrected chi connectivity index (χ0v) is 30.2. The predicted octanol–water partition coefficient (Wildman–Crippen LogP) is 7.87. The van der Waals surface area contributed by atoms with Gasteiger partial charge < -0.3 is 15.1 Å². The lowest BCUT2D eigenvalue weighted by atomic mass is 9.81. The molecule has 0 bridgehead atoms. The monoisotopic (exact) mass is 689 g/mol. The van der Waals surface area contributed by atoms with Crippen LogP contribution in [0.2, 0.25) is 0 Å². The maximum Gasteiger partial charge on any atom is 0.303 e. The fourth-order valence-electron chi connectivity index (χ4n) is 6.82. The second-order valence-corrected chi connectivity index (χ2v) is 15.4. The number of carbonyl (C=O) groups is 2. The Morgan fingerprint density at radius 2 is 1.55 bits per heavy atom. The van der Waals surface area contributed by atoms with Gasteiger partial charge in [-0.25, -0.2) is 0 Å². The van der Waals surface area contributed by atoms with Crippen LogP contribution in [0.15, 0.2) is 89.0 Å². The van der Waals surface area contributed by atoms with Crippen molar-refractivity contribution in [3.63, 3.8) is 0 Å². The number of unbranched alkanes of at least 4 members (excludes halogenated alkanes) is 2. The minimum absolute atomic E-state index is 0.0762. The summed E-state index contributed by atoms with van der Waals surface area (Å²) in [6.45, 7) is 13.9. The Hall–Kier alpha value is -4.28. The summed E-state index contributed by atoms with van der Waals surface area (Å²) in [7, 11) is -4.38. The van der Waals surface area contributed by atoms with Gasteiger partial charge in [-0.05, 0) is 82.9 Å². The molecule has 2 aliphatic heterocycles. The fourth-order valence-corrected chi connectivity index (χ4v) is 7.32. The van der Waals surface area contributed by atoms with E-state index in [1.807, 2.05) is 51.2 Å². The first-order valence-corrected chi connectivity index (χ1v) is 18.2. The normalized spacial score (nSPS) is 17.8. The lowest BCUT2D eigenvalue weighted by Gasteiger charge is -2.27. The summed E-state index contributed by atoms with van der Waals surface area (Å²) in [6, 6.07) is 11.1. The van der Waals surface area contributed by atoms with Gasteiger partial charge in [-0.3, -0.25) is 14.1 Å². The standard InChI is InChI=1S/C39H48N2O7S/c1-27(13-11-15-34-38(3,4)30-25-28(2)19-21-32(30)40(34)23-9-7-17-36(42)43)14-12-16-35-39(5,6)31-26-29(49(46,47)48)20-22-33(31)41(35)24-10-8-18-37(44)45/h11-16,19-22,25-26H,7-10,17-18,23-24H2,1-6H3,(H2-,42,43,44,45,46,47,48)/p+1. The van der Waals surface area contributed by atoms with Crippen molar-refractivity contribution in [2.75, 3.05) is 18.0 Å². The molecule has 2 aliphatic rings. The van der Waals surface area contributed by atoms with Crippen molar-refractivity contribution in [3.05, 3.63) is 101 Å². The number of hydrogen-bond donors (Lipinski definition) is 3. The maximum absolute atomic E-state index is 11.9. The molecule has 0 saturated heterocycles. The molecule has 9 nitrogen and oxygen atoms in total. The molecule has 0 spiro atoms. The van der Waals surface area contributed by atoms with Crippen LogP contribution in [-0.2, 0) is 30.5 Å². The number of allylic oxidation sites excluding steroid dienone is 8. The smallest absolute Gasteiger partial charge is 0.303 e. The summed E-state index contributed by atoms with van der Waals surface area (Å²) in [5.74, 6) is -1.62. The van der Waals surface area contributed by atoms with Crippen molar-refractivity contribution >= 4 is 39.1 Å². The van der Waals surface area contributed by atoms with Crippen LogP contribution in [0.1, 0.15) is 89.8 Å². The van der Waals surface area contributed by atoms with Gasteiger partial charge in [-0.1, -0.05) is 55.4 Å². The molecule has 262 valence electrons. The summed E-state index contributed by atoms with van der Waals surface area (Å²) >= 11 is 0. The largest absolute Gasteiger partial charge is 0.481 e. The first-order valence-electron chi connectivity index (χ1n) is 16.8. The van der Waals surface area contributed by atoms with E-state index in [9.17, 15) is 22.6 Å². The van der Waals surface area contributed by atoms with Gasteiger partial charge in [0, 0.05) is 60.3 Å². The first kappa shape index (κ1) is 37.5. The zero-order valence-electron chi connectivity index (χ0n) is 29.4. The van der Waals surface area contributed by atoms with Crippen LogP contribution in [0.3, 0.4) is 0 Å². The summed E-state index contributed by atoms with van der Waals surface area (Å²) < 4.78 is 35.9. The van der Waals surface area contributed by atoms with Crippen LogP contribution in [0.5, 0.6) is 0 Å². The summed E-state index contributed by atoms with van der Waals surface area (Å²) in [5.41, 5.74) is 7.55. The molecule has 49 heavy (non-hydrogen) atoms. The summed E-state index contributed by atoms with van der Waals surface area (Å²) in [4.78, 5) is 24.1. The second kappa shape index (κ2) is 15.1. The highest BCUT2D eigenvalue weighted by Crippen LogP contribution is 2.48. The maximum atomic E-state index is 11.9. The minimum atomic E-state index is -4.38. The average Bonchev–Trinajstić information content (AvgIpc) is 3.34. The van der Waals surface area contributed by atoms with E-state index < -0.39 is 27.5 Å². The number of carboxylic acid groups (broad SMARTS) is 2. The highest BCUT2D eigenvalue weighted by atomic mass is 32.2. The van der Waals surface area contributed by atoms with Crippen LogP contribution < -0.4 is 4.90 Å². The summed E-state index contributed by atoms with van der Waals surface area (Å²) in [6.07, 6.45) is 15.0. The van der Waals surface area contributed by atoms with Crippen LogP contribution in [0.4, 0.5) is 11.4 Å². The molecule has 3 N–H and O–H groups in total. The molecule has 0 radical (unpaired) electrons. The van der Waals surface area contributed by atoms with Gasteiger partial charge in [0.05, 0.1) is 10.3 Å². The van der Waals surface area contributed by atoms with E-state index in [4.69, 9.17) is 10.2 Å². The number of fused-ring (bicyclic) bond motifs is 2.